The van der Waals surface area contributed by atoms with Crippen LogP contribution in [0.4, 0.5) is 0 Å². The van der Waals surface area contributed by atoms with Crippen LogP contribution in [-0.4, -0.2) is 26.4 Å². The van der Waals surface area contributed by atoms with Crippen LogP contribution in [0.5, 0.6) is 0 Å². The number of aryl methyl sites for hydroxylation is 1. The standard InChI is InChI=1S/C13H12N2O3/c1-7-14-10-6-8(12(16)13(17)18)2-5-11(10)15(7)9-3-4-9/h2,5-6,9H,3-4H2,1H3,(H,17,18). The number of fused-ring (bicyclic) bond motifs is 1. The zero-order chi connectivity index (χ0) is 12.9. The number of carbonyl (C=O) groups is 2. The number of hydrogen-bond acceptors (Lipinski definition) is 3. The molecule has 3 rings (SSSR count). The molecule has 1 saturated carbocycles. The number of carboxylic acid groups (broad SMARTS) is 1. The van der Waals surface area contributed by atoms with Crippen molar-refractivity contribution in [1.82, 2.24) is 9.55 Å². The first-order valence-electron chi connectivity index (χ1n) is 5.84. The highest BCUT2D eigenvalue weighted by molar-refractivity contribution is 6.40. The van der Waals surface area contributed by atoms with Gasteiger partial charge in [0.2, 0.25) is 0 Å². The van der Waals surface area contributed by atoms with Crippen molar-refractivity contribution in [3.05, 3.63) is 29.6 Å². The second-order valence-electron chi connectivity index (χ2n) is 4.60. The maximum Gasteiger partial charge on any atom is 0.377 e. The summed E-state index contributed by atoms with van der Waals surface area (Å²) >= 11 is 0. The molecule has 5 nitrogen and oxygen atoms in total. The lowest BCUT2D eigenvalue weighted by Crippen LogP contribution is -2.12. The third-order valence-corrected chi connectivity index (χ3v) is 3.23. The molecule has 0 amide bonds. The van der Waals surface area contributed by atoms with Crippen LogP contribution in [-0.2, 0) is 4.79 Å². The highest BCUT2D eigenvalue weighted by atomic mass is 16.4. The summed E-state index contributed by atoms with van der Waals surface area (Å²) in [5, 5.41) is 8.69. The number of nitrogens with zero attached hydrogens (tertiary/aromatic N) is 2. The maximum atomic E-state index is 11.4. The summed E-state index contributed by atoms with van der Waals surface area (Å²) in [7, 11) is 0. The van der Waals surface area contributed by atoms with E-state index >= 15 is 0 Å². The number of hydrogen-bond donors (Lipinski definition) is 1. The van der Waals surface area contributed by atoms with Crippen molar-refractivity contribution >= 4 is 22.8 Å². The number of carboxylic acids is 1. The van der Waals surface area contributed by atoms with Crippen molar-refractivity contribution in [2.75, 3.05) is 0 Å². The summed E-state index contributed by atoms with van der Waals surface area (Å²) in [6, 6.07) is 5.40. The van der Waals surface area contributed by atoms with Gasteiger partial charge in [0.15, 0.2) is 0 Å². The number of Topliss-reactive ketones (excluding diaryl/α,β-unsaturated/α-hetero) is 1. The average molecular weight is 244 g/mol. The van der Waals surface area contributed by atoms with Crippen molar-refractivity contribution in [1.29, 1.82) is 0 Å². The van der Waals surface area contributed by atoms with E-state index in [0.717, 1.165) is 24.2 Å². The molecule has 0 radical (unpaired) electrons. The molecular formula is C13H12N2O3. The lowest BCUT2D eigenvalue weighted by atomic mass is 10.1. The van der Waals surface area contributed by atoms with Gasteiger partial charge in [0, 0.05) is 11.6 Å². The second kappa shape index (κ2) is 3.66. The Hall–Kier alpha value is -2.17. The Balaban J connectivity index is 2.14. The number of carbonyl (C=O) groups excluding carboxylic acids is 1. The molecule has 18 heavy (non-hydrogen) atoms. The fraction of sp³-hybridized carbons (Fsp3) is 0.308. The fourth-order valence-electron chi connectivity index (χ4n) is 2.28. The van der Waals surface area contributed by atoms with Crippen LogP contribution in [0.15, 0.2) is 18.2 Å². The molecule has 0 bridgehead atoms. The fourth-order valence-corrected chi connectivity index (χ4v) is 2.28. The van der Waals surface area contributed by atoms with Crippen LogP contribution < -0.4 is 0 Å². The summed E-state index contributed by atoms with van der Waals surface area (Å²) in [5.74, 6) is -1.42. The summed E-state index contributed by atoms with van der Waals surface area (Å²) in [6.07, 6.45) is 2.31. The molecule has 1 aliphatic rings. The van der Waals surface area contributed by atoms with Crippen LogP contribution in [0.2, 0.25) is 0 Å². The minimum atomic E-state index is -1.44. The van der Waals surface area contributed by atoms with Gasteiger partial charge in [-0.05, 0) is 38.0 Å². The van der Waals surface area contributed by atoms with E-state index < -0.39 is 11.8 Å². The van der Waals surface area contributed by atoms with Crippen molar-refractivity contribution in [3.63, 3.8) is 0 Å². The quantitative estimate of drug-likeness (QED) is 0.661. The molecule has 1 aliphatic carbocycles. The molecule has 92 valence electrons. The van der Waals surface area contributed by atoms with Crippen LogP contribution in [0.3, 0.4) is 0 Å². The Bertz CT molecular complexity index is 668. The SMILES string of the molecule is Cc1nc2cc(C(=O)C(=O)O)ccc2n1C1CC1. The molecule has 0 atom stereocenters. The molecule has 1 N–H and O–H groups in total. The smallest absolute Gasteiger partial charge is 0.377 e. The Kier molecular flexibility index (Phi) is 2.23. The van der Waals surface area contributed by atoms with Crippen LogP contribution in [0, 0.1) is 6.92 Å². The van der Waals surface area contributed by atoms with Crippen LogP contribution in [0.25, 0.3) is 11.0 Å². The van der Waals surface area contributed by atoms with Gasteiger partial charge in [0.05, 0.1) is 11.0 Å². The largest absolute Gasteiger partial charge is 0.475 e. The second-order valence-corrected chi connectivity index (χ2v) is 4.60. The zero-order valence-electron chi connectivity index (χ0n) is 9.88. The van der Waals surface area contributed by atoms with Gasteiger partial charge in [0.25, 0.3) is 5.78 Å². The summed E-state index contributed by atoms with van der Waals surface area (Å²) < 4.78 is 2.16. The molecule has 5 heteroatoms. The van der Waals surface area contributed by atoms with Gasteiger partial charge in [-0.15, -0.1) is 0 Å². The Morgan fingerprint density at radius 3 is 2.72 bits per heavy atom. The van der Waals surface area contributed by atoms with Crippen LogP contribution in [0.1, 0.15) is 35.1 Å². The number of rotatable bonds is 3. The maximum absolute atomic E-state index is 11.4. The van der Waals surface area contributed by atoms with E-state index in [2.05, 4.69) is 9.55 Å². The molecule has 0 aliphatic heterocycles. The van der Waals surface area contributed by atoms with Crippen molar-refractivity contribution < 1.29 is 14.7 Å². The number of aromatic nitrogens is 2. The first-order valence-corrected chi connectivity index (χ1v) is 5.84. The predicted molar refractivity (Wildman–Crippen MR) is 64.7 cm³/mol. The zero-order valence-corrected chi connectivity index (χ0v) is 9.88. The molecule has 1 fully saturated rings. The van der Waals surface area contributed by atoms with E-state index in [-0.39, 0.29) is 5.56 Å². The highest BCUT2D eigenvalue weighted by Crippen LogP contribution is 2.38. The summed E-state index contributed by atoms with van der Waals surface area (Å²) in [4.78, 5) is 26.4. The number of ketones is 1. The first kappa shape index (κ1) is 11.0. The summed E-state index contributed by atoms with van der Waals surface area (Å²) in [5.41, 5.74) is 1.83. The molecule has 1 aromatic heterocycles. The molecule has 0 unspecified atom stereocenters. The third kappa shape index (κ3) is 1.59. The first-order chi connectivity index (χ1) is 8.58. The molecular weight excluding hydrogens is 232 g/mol. The van der Waals surface area contributed by atoms with Crippen molar-refractivity contribution in [2.24, 2.45) is 0 Å². The van der Waals surface area contributed by atoms with Gasteiger partial charge < -0.3 is 9.67 Å². The average Bonchev–Trinajstić information content (AvgIpc) is 3.10. The van der Waals surface area contributed by atoms with Gasteiger partial charge in [-0.25, -0.2) is 9.78 Å². The lowest BCUT2D eigenvalue weighted by molar-refractivity contribution is -0.131. The number of aliphatic carboxylic acids is 1. The highest BCUT2D eigenvalue weighted by Gasteiger charge is 2.27. The van der Waals surface area contributed by atoms with Gasteiger partial charge in [0.1, 0.15) is 5.82 Å². The van der Waals surface area contributed by atoms with E-state index in [0.29, 0.717) is 11.6 Å². The Labute approximate surface area is 103 Å². The van der Waals surface area contributed by atoms with Crippen LogP contribution >= 0.6 is 0 Å². The topological polar surface area (TPSA) is 72.2 Å². The number of imidazole rings is 1. The van der Waals surface area contributed by atoms with E-state index in [4.69, 9.17) is 5.11 Å². The molecule has 2 aromatic rings. The lowest BCUT2D eigenvalue weighted by Gasteiger charge is -2.03. The van der Waals surface area contributed by atoms with Gasteiger partial charge in [-0.3, -0.25) is 4.79 Å². The number of benzene rings is 1. The van der Waals surface area contributed by atoms with E-state index in [9.17, 15) is 9.59 Å². The minimum Gasteiger partial charge on any atom is -0.475 e. The minimum absolute atomic E-state index is 0.176. The third-order valence-electron chi connectivity index (χ3n) is 3.23. The van der Waals surface area contributed by atoms with E-state index in [1.165, 1.54) is 0 Å². The monoisotopic (exact) mass is 244 g/mol. The molecule has 1 heterocycles. The molecule has 1 aromatic carbocycles. The van der Waals surface area contributed by atoms with E-state index in [1.54, 1.807) is 18.2 Å². The summed E-state index contributed by atoms with van der Waals surface area (Å²) in [6.45, 7) is 1.93. The van der Waals surface area contributed by atoms with Gasteiger partial charge in [-0.2, -0.15) is 0 Å². The normalized spacial score (nSPS) is 14.9. The Morgan fingerprint density at radius 2 is 2.11 bits per heavy atom. The van der Waals surface area contributed by atoms with E-state index in [1.807, 2.05) is 6.92 Å². The van der Waals surface area contributed by atoms with Crippen molar-refractivity contribution in [3.8, 4) is 0 Å². The van der Waals surface area contributed by atoms with Gasteiger partial charge >= 0.3 is 5.97 Å². The van der Waals surface area contributed by atoms with Gasteiger partial charge in [-0.1, -0.05) is 0 Å². The van der Waals surface area contributed by atoms with Crippen molar-refractivity contribution in [2.45, 2.75) is 25.8 Å². The molecule has 0 spiro atoms. The predicted octanol–water partition coefficient (Wildman–Crippen LogP) is 1.95. The molecule has 0 saturated heterocycles. The Morgan fingerprint density at radius 1 is 1.39 bits per heavy atom.